The number of aromatic nitrogens is 2. The van der Waals surface area contributed by atoms with Crippen molar-refractivity contribution in [2.75, 3.05) is 0 Å². The van der Waals surface area contributed by atoms with Gasteiger partial charge in [-0.15, -0.1) is 0 Å². The highest BCUT2D eigenvalue weighted by Crippen LogP contribution is 2.24. The second-order valence-corrected chi connectivity index (χ2v) is 5.02. The Morgan fingerprint density at radius 2 is 2.35 bits per heavy atom. The number of fused-ring (bicyclic) bond motifs is 1. The average molecular weight is 281 g/mol. The summed E-state index contributed by atoms with van der Waals surface area (Å²) in [5, 5.41) is 12.5. The Balaban J connectivity index is 1.99. The van der Waals surface area contributed by atoms with Crippen LogP contribution >= 0.6 is 0 Å². The molecule has 7 heteroatoms. The van der Waals surface area contributed by atoms with Gasteiger partial charge in [-0.05, 0) is 25.7 Å². The van der Waals surface area contributed by atoms with Gasteiger partial charge in [0.25, 0.3) is 0 Å². The van der Waals surface area contributed by atoms with Crippen LogP contribution < -0.4 is 11.5 Å². The van der Waals surface area contributed by atoms with Crippen molar-refractivity contribution in [2.45, 2.75) is 50.6 Å². The highest BCUT2D eigenvalue weighted by atomic mass is 16.5. The van der Waals surface area contributed by atoms with E-state index in [1.165, 1.54) is 0 Å². The van der Waals surface area contributed by atoms with E-state index in [9.17, 15) is 9.59 Å². The summed E-state index contributed by atoms with van der Waals surface area (Å²) in [6.07, 6.45) is 8.25. The van der Waals surface area contributed by atoms with Gasteiger partial charge in [0.1, 0.15) is 6.04 Å². The van der Waals surface area contributed by atoms with Crippen molar-refractivity contribution in [3.63, 3.8) is 0 Å². The number of carboxylic acid groups (broad SMARTS) is 1. The van der Waals surface area contributed by atoms with Gasteiger partial charge in [0.05, 0.1) is 0 Å². The molecule has 0 fully saturated rings. The first-order valence-electron chi connectivity index (χ1n) is 6.80. The van der Waals surface area contributed by atoms with Crippen LogP contribution in [0, 0.1) is 0 Å². The fraction of sp³-hybridized carbons (Fsp3) is 0.615. The monoisotopic (exact) mass is 281 g/mol. The molecule has 0 bridgehead atoms. The van der Waals surface area contributed by atoms with Crippen molar-refractivity contribution >= 4 is 5.97 Å². The van der Waals surface area contributed by atoms with Crippen molar-refractivity contribution in [3.8, 4) is 0 Å². The smallest absolute Gasteiger partial charge is 0.441 e. The van der Waals surface area contributed by atoms with Gasteiger partial charge in [-0.25, -0.2) is 4.79 Å². The van der Waals surface area contributed by atoms with E-state index in [4.69, 9.17) is 15.4 Å². The summed E-state index contributed by atoms with van der Waals surface area (Å²) in [5.41, 5.74) is 5.41. The third-order valence-corrected chi connectivity index (χ3v) is 3.54. The normalized spacial score (nSPS) is 20.6. The number of aryl methyl sites for hydroxylation is 1. The summed E-state index contributed by atoms with van der Waals surface area (Å²) in [7, 11) is 0. The summed E-state index contributed by atoms with van der Waals surface area (Å²) < 4.78 is 6.33. The van der Waals surface area contributed by atoms with Crippen LogP contribution in [0.4, 0.5) is 0 Å². The average Bonchev–Trinajstić information content (AvgIpc) is 2.66. The van der Waals surface area contributed by atoms with Crippen LogP contribution in [0.5, 0.6) is 0 Å². The number of nitrogens with two attached hydrogens (primary N) is 1. The molecule has 2 heterocycles. The molecule has 0 amide bonds. The molecule has 2 atom stereocenters. The summed E-state index contributed by atoms with van der Waals surface area (Å²) in [5.74, 6) is -0.725. The molecule has 0 spiro atoms. The number of hydrogen-bond donors (Lipinski definition) is 2. The summed E-state index contributed by atoms with van der Waals surface area (Å²) in [6.45, 7) is 0. The fourth-order valence-electron chi connectivity index (χ4n) is 2.42. The molecular formula is C13H19N3O4. The van der Waals surface area contributed by atoms with Crippen molar-refractivity contribution in [3.05, 3.63) is 28.5 Å². The topological polar surface area (TPSA) is 111 Å². The predicted octanol–water partition coefficient (Wildman–Crippen LogP) is 0.852. The Morgan fingerprint density at radius 1 is 1.55 bits per heavy atom. The van der Waals surface area contributed by atoms with Gasteiger partial charge in [-0.3, -0.25) is 13.9 Å². The Labute approximate surface area is 116 Å². The minimum absolute atomic E-state index is 0.0311. The highest BCUT2D eigenvalue weighted by Gasteiger charge is 2.21. The molecule has 1 aliphatic heterocycles. The molecule has 0 aliphatic carbocycles. The van der Waals surface area contributed by atoms with E-state index in [1.807, 2.05) is 6.08 Å². The zero-order valence-corrected chi connectivity index (χ0v) is 11.2. The lowest BCUT2D eigenvalue weighted by atomic mass is 10.1. The molecule has 0 aromatic carbocycles. The molecule has 7 nitrogen and oxygen atoms in total. The van der Waals surface area contributed by atoms with Gasteiger partial charge in [-0.1, -0.05) is 23.7 Å². The van der Waals surface area contributed by atoms with Crippen LogP contribution in [-0.4, -0.2) is 26.8 Å². The molecule has 0 radical (unpaired) electrons. The number of carbonyl (C=O) groups is 1. The molecule has 110 valence electrons. The molecule has 1 aliphatic rings. The minimum atomic E-state index is -1.01. The lowest BCUT2D eigenvalue weighted by Crippen LogP contribution is -2.29. The van der Waals surface area contributed by atoms with Gasteiger partial charge in [0.2, 0.25) is 0 Å². The number of aliphatic carboxylic acids is 1. The van der Waals surface area contributed by atoms with E-state index in [1.54, 1.807) is 10.6 Å². The quantitative estimate of drug-likeness (QED) is 0.774. The van der Waals surface area contributed by atoms with E-state index >= 15 is 0 Å². The van der Waals surface area contributed by atoms with Gasteiger partial charge in [0.15, 0.2) is 5.82 Å². The lowest BCUT2D eigenvalue weighted by molar-refractivity contribution is -0.138. The summed E-state index contributed by atoms with van der Waals surface area (Å²) >= 11 is 0. The molecule has 1 aromatic heterocycles. The van der Waals surface area contributed by atoms with Gasteiger partial charge in [-0.2, -0.15) is 0 Å². The molecule has 1 aromatic rings. The van der Waals surface area contributed by atoms with Gasteiger partial charge < -0.3 is 10.8 Å². The molecule has 0 saturated heterocycles. The number of carboxylic acids is 1. The van der Waals surface area contributed by atoms with Crippen LogP contribution in [0.25, 0.3) is 0 Å². The summed E-state index contributed by atoms with van der Waals surface area (Å²) in [4.78, 5) is 22.3. The summed E-state index contributed by atoms with van der Waals surface area (Å²) in [6, 6.07) is -0.849. The zero-order chi connectivity index (χ0) is 14.5. The van der Waals surface area contributed by atoms with Crippen molar-refractivity contribution in [1.29, 1.82) is 0 Å². The van der Waals surface area contributed by atoms with Gasteiger partial charge in [0, 0.05) is 12.5 Å². The third kappa shape index (κ3) is 3.36. The van der Waals surface area contributed by atoms with Crippen molar-refractivity contribution < 1.29 is 14.4 Å². The Hall–Kier alpha value is -1.89. The number of rotatable bonds is 5. The number of hydrogen-bond acceptors (Lipinski definition) is 5. The van der Waals surface area contributed by atoms with E-state index in [2.05, 4.69) is 5.16 Å². The predicted molar refractivity (Wildman–Crippen MR) is 71.3 cm³/mol. The van der Waals surface area contributed by atoms with E-state index < -0.39 is 17.8 Å². The SMILES string of the molecule is NC(CC=CCC1CCCCc2noc(=O)n21)C(=O)O. The largest absolute Gasteiger partial charge is 0.480 e. The second kappa shape index (κ2) is 6.51. The molecule has 20 heavy (non-hydrogen) atoms. The Kier molecular flexibility index (Phi) is 4.73. The van der Waals surface area contributed by atoms with Crippen LogP contribution in [0.3, 0.4) is 0 Å². The van der Waals surface area contributed by atoms with Gasteiger partial charge >= 0.3 is 11.7 Å². The molecule has 2 unspecified atom stereocenters. The Morgan fingerprint density at radius 3 is 3.10 bits per heavy atom. The Bertz CT molecular complexity index is 546. The highest BCUT2D eigenvalue weighted by molar-refractivity contribution is 5.73. The zero-order valence-electron chi connectivity index (χ0n) is 11.2. The first kappa shape index (κ1) is 14.5. The number of nitrogens with zero attached hydrogens (tertiary/aromatic N) is 2. The van der Waals surface area contributed by atoms with Crippen molar-refractivity contribution in [1.82, 2.24) is 9.72 Å². The first-order valence-corrected chi connectivity index (χ1v) is 6.80. The van der Waals surface area contributed by atoms with Crippen LogP contribution in [0.15, 0.2) is 21.5 Å². The third-order valence-electron chi connectivity index (χ3n) is 3.54. The minimum Gasteiger partial charge on any atom is -0.480 e. The fourth-order valence-corrected chi connectivity index (χ4v) is 2.42. The molecule has 2 rings (SSSR count). The van der Waals surface area contributed by atoms with Crippen LogP contribution in [-0.2, 0) is 11.2 Å². The van der Waals surface area contributed by atoms with Crippen molar-refractivity contribution in [2.24, 2.45) is 5.73 Å². The second-order valence-electron chi connectivity index (χ2n) is 5.02. The van der Waals surface area contributed by atoms with E-state index in [0.29, 0.717) is 12.2 Å². The maximum Gasteiger partial charge on any atom is 0.441 e. The van der Waals surface area contributed by atoms with E-state index in [0.717, 1.165) is 25.7 Å². The standard InChI is InChI=1S/C13H19N3O4/c14-10(12(17)18)7-3-1-5-9-6-2-4-8-11-15-20-13(19)16(9)11/h1,3,9-10H,2,4-8,14H2,(H,17,18). The first-order chi connectivity index (χ1) is 9.59. The maximum absolute atomic E-state index is 11.7. The molecular weight excluding hydrogens is 262 g/mol. The maximum atomic E-state index is 11.7. The lowest BCUT2D eigenvalue weighted by Gasteiger charge is -2.13. The molecule has 3 N–H and O–H groups in total. The van der Waals surface area contributed by atoms with Crippen LogP contribution in [0.2, 0.25) is 0 Å². The molecule has 0 saturated carbocycles. The number of allylic oxidation sites excluding steroid dienone is 1. The van der Waals surface area contributed by atoms with Crippen LogP contribution in [0.1, 0.15) is 44.0 Å². The van der Waals surface area contributed by atoms with E-state index in [-0.39, 0.29) is 12.5 Å².